The van der Waals surface area contributed by atoms with Gasteiger partial charge in [-0.3, -0.25) is 4.79 Å². The van der Waals surface area contributed by atoms with Gasteiger partial charge in [0, 0.05) is 0 Å². The normalized spacial score (nSPS) is 13.0. The highest BCUT2D eigenvalue weighted by Crippen LogP contribution is 1.94. The third-order valence-electron chi connectivity index (χ3n) is 1.15. The molecule has 5 heteroatoms. The largest absolute Gasteiger partial charge is 0.480 e. The zero-order chi connectivity index (χ0) is 7.98. The highest BCUT2D eigenvalue weighted by atomic mass is 16.5. The van der Waals surface area contributed by atoms with E-state index in [1.165, 1.54) is 0 Å². The number of nitrogens with one attached hydrogen (secondary N) is 1. The number of nitrogens with two attached hydrogens (primary N) is 1. The second-order valence-corrected chi connectivity index (χ2v) is 1.95. The molecular weight excluding hydrogens is 136 g/mol. The molecule has 0 radical (unpaired) electrons. The fraction of sp³-hybridized carbons (Fsp3) is 0.800. The summed E-state index contributed by atoms with van der Waals surface area (Å²) in [4.78, 5) is 10.2. The summed E-state index contributed by atoms with van der Waals surface area (Å²) >= 11 is 0. The molecule has 0 amide bonds. The number of hydroxylamine groups is 1. The van der Waals surface area contributed by atoms with Gasteiger partial charge in [-0.15, -0.1) is 0 Å². The van der Waals surface area contributed by atoms with Gasteiger partial charge in [0.25, 0.3) is 0 Å². The molecule has 0 aliphatic rings. The van der Waals surface area contributed by atoms with Gasteiger partial charge in [0.1, 0.15) is 6.04 Å². The standard InChI is InChI=1S/C5H12N2O3/c6-3-1-2-4(7-10)5(8)9/h4,7,10H,1-3,6H2,(H,8,9)/t4-/m0/s1. The van der Waals surface area contributed by atoms with Crippen LogP contribution in [0.25, 0.3) is 0 Å². The van der Waals surface area contributed by atoms with Gasteiger partial charge in [-0.25, -0.2) is 0 Å². The SMILES string of the molecule is NCCC[C@H](NO)C(=O)O. The zero-order valence-electron chi connectivity index (χ0n) is 5.58. The van der Waals surface area contributed by atoms with Crippen molar-refractivity contribution in [3.63, 3.8) is 0 Å². The molecule has 0 heterocycles. The molecule has 0 saturated heterocycles. The predicted molar refractivity (Wildman–Crippen MR) is 34.6 cm³/mol. The Kier molecular flexibility index (Phi) is 4.82. The van der Waals surface area contributed by atoms with Crippen LogP contribution < -0.4 is 11.2 Å². The molecular formula is C5H12N2O3. The third kappa shape index (κ3) is 3.39. The summed E-state index contributed by atoms with van der Waals surface area (Å²) in [5.74, 6) is -1.06. The lowest BCUT2D eigenvalue weighted by molar-refractivity contribution is -0.142. The molecule has 0 aliphatic heterocycles. The third-order valence-corrected chi connectivity index (χ3v) is 1.15. The van der Waals surface area contributed by atoms with E-state index in [2.05, 4.69) is 0 Å². The van der Waals surface area contributed by atoms with Crippen LogP contribution in [0.4, 0.5) is 0 Å². The average Bonchev–Trinajstić information content (AvgIpc) is 1.89. The minimum Gasteiger partial charge on any atom is -0.480 e. The Bertz CT molecular complexity index is 107. The van der Waals surface area contributed by atoms with Gasteiger partial charge in [-0.1, -0.05) is 0 Å². The van der Waals surface area contributed by atoms with Gasteiger partial charge < -0.3 is 16.0 Å². The van der Waals surface area contributed by atoms with E-state index in [4.69, 9.17) is 16.0 Å². The maximum atomic E-state index is 10.2. The first kappa shape index (κ1) is 9.35. The molecule has 0 fully saturated rings. The second kappa shape index (κ2) is 5.16. The van der Waals surface area contributed by atoms with Crippen molar-refractivity contribution in [3.05, 3.63) is 0 Å². The van der Waals surface area contributed by atoms with E-state index >= 15 is 0 Å². The van der Waals surface area contributed by atoms with Gasteiger partial charge in [-0.2, -0.15) is 5.48 Å². The molecule has 0 aromatic heterocycles. The number of hydrogen-bond donors (Lipinski definition) is 4. The van der Waals surface area contributed by atoms with Crippen LogP contribution in [0.3, 0.4) is 0 Å². The number of aliphatic carboxylic acids is 1. The highest BCUT2D eigenvalue weighted by Gasteiger charge is 2.13. The summed E-state index contributed by atoms with van der Waals surface area (Å²) in [6.45, 7) is 0.436. The van der Waals surface area contributed by atoms with E-state index in [0.717, 1.165) is 0 Å². The highest BCUT2D eigenvalue weighted by molar-refractivity contribution is 5.73. The molecule has 5 nitrogen and oxygen atoms in total. The van der Waals surface area contributed by atoms with Gasteiger partial charge in [0.05, 0.1) is 0 Å². The van der Waals surface area contributed by atoms with Crippen molar-refractivity contribution in [1.29, 1.82) is 0 Å². The van der Waals surface area contributed by atoms with Gasteiger partial charge >= 0.3 is 5.97 Å². The van der Waals surface area contributed by atoms with Gasteiger partial charge in [0.15, 0.2) is 0 Å². The van der Waals surface area contributed by atoms with Crippen LogP contribution >= 0.6 is 0 Å². The first-order valence-corrected chi connectivity index (χ1v) is 3.05. The molecule has 0 rings (SSSR count). The predicted octanol–water partition coefficient (Wildman–Crippen LogP) is -0.843. The molecule has 0 aromatic carbocycles. The molecule has 0 saturated carbocycles. The summed E-state index contributed by atoms with van der Waals surface area (Å²) in [7, 11) is 0. The Morgan fingerprint density at radius 2 is 2.30 bits per heavy atom. The first-order valence-electron chi connectivity index (χ1n) is 3.05. The van der Waals surface area contributed by atoms with E-state index < -0.39 is 12.0 Å². The lowest BCUT2D eigenvalue weighted by atomic mass is 10.2. The topological polar surface area (TPSA) is 95.6 Å². The van der Waals surface area contributed by atoms with Gasteiger partial charge in [-0.05, 0) is 19.4 Å². The number of hydrogen-bond acceptors (Lipinski definition) is 4. The Balaban J connectivity index is 3.50. The van der Waals surface area contributed by atoms with Crippen molar-refractivity contribution < 1.29 is 15.1 Å². The van der Waals surface area contributed by atoms with Crippen LogP contribution in [0.1, 0.15) is 12.8 Å². The molecule has 0 bridgehead atoms. The van der Waals surface area contributed by atoms with Crippen molar-refractivity contribution in [2.24, 2.45) is 5.73 Å². The number of carboxylic acid groups (broad SMARTS) is 1. The summed E-state index contributed by atoms with van der Waals surface area (Å²) in [6.07, 6.45) is 0.937. The minimum absolute atomic E-state index is 0.350. The van der Waals surface area contributed by atoms with Crippen LogP contribution in [-0.4, -0.2) is 28.9 Å². The monoisotopic (exact) mass is 148 g/mol. The quantitative estimate of drug-likeness (QED) is 0.381. The molecule has 10 heavy (non-hydrogen) atoms. The van der Waals surface area contributed by atoms with E-state index in [9.17, 15) is 4.79 Å². The zero-order valence-corrected chi connectivity index (χ0v) is 5.58. The minimum atomic E-state index is -1.06. The van der Waals surface area contributed by atoms with E-state index in [1.54, 1.807) is 5.48 Å². The van der Waals surface area contributed by atoms with Crippen LogP contribution in [0.15, 0.2) is 0 Å². The van der Waals surface area contributed by atoms with Crippen molar-refractivity contribution >= 4 is 5.97 Å². The molecule has 60 valence electrons. The summed E-state index contributed by atoms with van der Waals surface area (Å²) in [5, 5.41) is 16.6. The molecule has 0 aliphatic carbocycles. The maximum absolute atomic E-state index is 10.2. The number of carboxylic acids is 1. The average molecular weight is 148 g/mol. The van der Waals surface area contributed by atoms with E-state index in [0.29, 0.717) is 19.4 Å². The molecule has 1 atom stereocenters. The van der Waals surface area contributed by atoms with Gasteiger partial charge in [0.2, 0.25) is 0 Å². The van der Waals surface area contributed by atoms with Crippen LogP contribution in [0, 0.1) is 0 Å². The molecule has 0 unspecified atom stereocenters. The molecule has 0 spiro atoms. The van der Waals surface area contributed by atoms with Crippen molar-refractivity contribution in [2.45, 2.75) is 18.9 Å². The summed E-state index contributed by atoms with van der Waals surface area (Å²) < 4.78 is 0. The second-order valence-electron chi connectivity index (χ2n) is 1.95. The Morgan fingerprint density at radius 1 is 1.70 bits per heavy atom. The lowest BCUT2D eigenvalue weighted by Crippen LogP contribution is -2.34. The Hall–Kier alpha value is -0.650. The molecule has 0 aromatic rings. The van der Waals surface area contributed by atoms with Crippen LogP contribution in [0.5, 0.6) is 0 Å². The number of carbonyl (C=O) groups is 1. The lowest BCUT2D eigenvalue weighted by Gasteiger charge is -2.07. The van der Waals surface area contributed by atoms with Crippen LogP contribution in [-0.2, 0) is 4.79 Å². The summed E-state index contributed by atoms with van der Waals surface area (Å²) in [5.41, 5.74) is 6.81. The smallest absolute Gasteiger partial charge is 0.323 e. The fourth-order valence-electron chi connectivity index (χ4n) is 0.565. The van der Waals surface area contributed by atoms with Crippen LogP contribution in [0.2, 0.25) is 0 Å². The van der Waals surface area contributed by atoms with E-state index in [-0.39, 0.29) is 0 Å². The van der Waals surface area contributed by atoms with Crippen molar-refractivity contribution in [3.8, 4) is 0 Å². The maximum Gasteiger partial charge on any atom is 0.323 e. The fourth-order valence-corrected chi connectivity index (χ4v) is 0.565. The van der Waals surface area contributed by atoms with Crippen molar-refractivity contribution in [1.82, 2.24) is 5.48 Å². The summed E-state index contributed by atoms with van der Waals surface area (Å²) in [6, 6.07) is -0.886. The first-order chi connectivity index (χ1) is 4.72. The van der Waals surface area contributed by atoms with Crippen molar-refractivity contribution in [2.75, 3.05) is 6.54 Å². The Labute approximate surface area is 58.8 Å². The number of rotatable bonds is 5. The Morgan fingerprint density at radius 3 is 2.60 bits per heavy atom. The molecule has 5 N–H and O–H groups in total. The van der Waals surface area contributed by atoms with E-state index in [1.807, 2.05) is 0 Å².